The van der Waals surface area contributed by atoms with Gasteiger partial charge in [-0.3, -0.25) is 4.79 Å². The van der Waals surface area contributed by atoms with Crippen LogP contribution in [0.4, 0.5) is 0 Å². The minimum Gasteiger partial charge on any atom is -0.489 e. The topological polar surface area (TPSA) is 92.8 Å². The Morgan fingerprint density at radius 2 is 1.74 bits per heavy atom. The molecule has 6 rings (SSSR count). The van der Waals surface area contributed by atoms with Crippen LogP contribution in [0.1, 0.15) is 75.8 Å². The second kappa shape index (κ2) is 10.6. The lowest BCUT2D eigenvalue weighted by Gasteiger charge is -2.25. The minimum absolute atomic E-state index is 0.0365. The highest BCUT2D eigenvalue weighted by Crippen LogP contribution is 2.46. The first-order valence-corrected chi connectivity index (χ1v) is 13.8. The number of carbonyl (C=O) groups excluding carboxylic acids is 1. The van der Waals surface area contributed by atoms with Crippen molar-refractivity contribution < 1.29 is 24.3 Å². The number of aliphatic hydroxyl groups excluding tert-OH is 1. The lowest BCUT2D eigenvalue weighted by molar-refractivity contribution is -0.0425. The Balaban J connectivity index is 1.23. The number of halogens is 3. The van der Waals surface area contributed by atoms with E-state index in [-0.39, 0.29) is 12.4 Å². The molecule has 200 valence electrons. The van der Waals surface area contributed by atoms with Gasteiger partial charge >= 0.3 is 0 Å². The van der Waals surface area contributed by atoms with E-state index in [1.165, 1.54) is 0 Å². The number of rotatable bonds is 7. The molecule has 1 atom stereocenters. The fourth-order valence-corrected chi connectivity index (χ4v) is 6.10. The molecule has 1 fully saturated rings. The molecule has 0 saturated heterocycles. The Morgan fingerprint density at radius 3 is 2.44 bits per heavy atom. The van der Waals surface area contributed by atoms with Gasteiger partial charge < -0.3 is 19.5 Å². The Morgan fingerprint density at radius 1 is 0.974 bits per heavy atom. The molecule has 0 aliphatic heterocycles. The first kappa shape index (κ1) is 26.4. The first-order valence-electron chi connectivity index (χ1n) is 12.7. The highest BCUT2D eigenvalue weighted by atomic mass is 35.5. The molecule has 0 spiro atoms. The largest absolute Gasteiger partial charge is 0.489 e. The van der Waals surface area contributed by atoms with Crippen molar-refractivity contribution in [2.75, 3.05) is 0 Å². The third kappa shape index (κ3) is 5.08. The molecule has 1 saturated carbocycles. The molecule has 2 aliphatic rings. The summed E-state index contributed by atoms with van der Waals surface area (Å²) in [5.41, 5.74) is 4.48. The van der Waals surface area contributed by atoms with E-state index in [0.717, 1.165) is 35.3 Å². The number of ketones is 1. The van der Waals surface area contributed by atoms with Crippen LogP contribution < -0.4 is 4.74 Å². The predicted molar refractivity (Wildman–Crippen MR) is 149 cm³/mol. The van der Waals surface area contributed by atoms with Crippen molar-refractivity contribution in [2.24, 2.45) is 0 Å². The molecule has 0 amide bonds. The Hall–Kier alpha value is -2.87. The molecular formula is C30H24Cl3NO5. The fourth-order valence-electron chi connectivity index (χ4n) is 5.22. The lowest BCUT2D eigenvalue weighted by atomic mass is 9.78. The van der Waals surface area contributed by atoms with Crippen LogP contribution >= 0.6 is 34.8 Å². The van der Waals surface area contributed by atoms with Gasteiger partial charge in [0.1, 0.15) is 23.8 Å². The van der Waals surface area contributed by atoms with Crippen molar-refractivity contribution in [3.63, 3.8) is 0 Å². The van der Waals surface area contributed by atoms with Crippen LogP contribution in [-0.2, 0) is 13.0 Å². The molecule has 1 aromatic heterocycles. The Kier molecular flexibility index (Phi) is 7.16. The summed E-state index contributed by atoms with van der Waals surface area (Å²) in [6, 6.07) is 15.6. The van der Waals surface area contributed by atoms with Gasteiger partial charge in [0.2, 0.25) is 0 Å². The van der Waals surface area contributed by atoms with Gasteiger partial charge in [-0.2, -0.15) is 0 Å². The van der Waals surface area contributed by atoms with Gasteiger partial charge in [0, 0.05) is 33.5 Å². The molecule has 39 heavy (non-hydrogen) atoms. The van der Waals surface area contributed by atoms with Gasteiger partial charge in [-0.25, -0.2) is 0 Å². The summed E-state index contributed by atoms with van der Waals surface area (Å²) in [6.45, 7) is 0.191. The summed E-state index contributed by atoms with van der Waals surface area (Å²) in [6.07, 6.45) is 1.69. The highest BCUT2D eigenvalue weighted by Gasteiger charge is 2.34. The number of aryl methyl sites for hydroxylation is 1. The predicted octanol–water partition coefficient (Wildman–Crippen LogP) is 7.65. The van der Waals surface area contributed by atoms with Gasteiger partial charge in [0.25, 0.3) is 0 Å². The molecule has 9 heteroatoms. The average molecular weight is 585 g/mol. The van der Waals surface area contributed by atoms with Crippen molar-refractivity contribution >= 4 is 40.6 Å². The van der Waals surface area contributed by atoms with E-state index >= 15 is 0 Å². The van der Waals surface area contributed by atoms with Crippen molar-refractivity contribution in [3.8, 4) is 17.0 Å². The van der Waals surface area contributed by atoms with Crippen LogP contribution in [0.25, 0.3) is 11.3 Å². The summed E-state index contributed by atoms with van der Waals surface area (Å²) < 4.78 is 11.9. The highest BCUT2D eigenvalue weighted by molar-refractivity contribution is 6.39. The van der Waals surface area contributed by atoms with Crippen LogP contribution in [0.3, 0.4) is 0 Å². The lowest BCUT2D eigenvalue weighted by Crippen LogP contribution is -2.21. The number of aliphatic hydroxyl groups is 2. The second-order valence-electron chi connectivity index (χ2n) is 9.96. The normalized spacial score (nSPS) is 17.0. The number of hydrogen-bond donors (Lipinski definition) is 2. The summed E-state index contributed by atoms with van der Waals surface area (Å²) in [4.78, 5) is 13.3. The van der Waals surface area contributed by atoms with Gasteiger partial charge in [-0.1, -0.05) is 70.3 Å². The zero-order chi connectivity index (χ0) is 27.3. The fraction of sp³-hybridized carbons (Fsp3) is 0.267. The van der Waals surface area contributed by atoms with Crippen LogP contribution in [0.15, 0.2) is 59.1 Å². The zero-order valence-electron chi connectivity index (χ0n) is 20.7. The monoisotopic (exact) mass is 583 g/mol. The number of benzene rings is 3. The third-order valence-corrected chi connectivity index (χ3v) is 8.37. The molecule has 2 aliphatic carbocycles. The van der Waals surface area contributed by atoms with Crippen molar-refractivity contribution in [2.45, 2.75) is 50.4 Å². The quantitative estimate of drug-likeness (QED) is 0.217. The molecular weight excluding hydrogens is 561 g/mol. The maximum absolute atomic E-state index is 13.3. The number of hydrogen-bond acceptors (Lipinski definition) is 6. The second-order valence-corrected chi connectivity index (χ2v) is 11.2. The molecule has 3 aromatic carbocycles. The molecule has 2 N–H and O–H groups in total. The molecule has 0 bridgehead atoms. The average Bonchev–Trinajstić information content (AvgIpc) is 3.68. The minimum atomic E-state index is -1.57. The molecule has 6 nitrogen and oxygen atoms in total. The van der Waals surface area contributed by atoms with E-state index in [4.69, 9.17) is 44.1 Å². The van der Waals surface area contributed by atoms with E-state index in [2.05, 4.69) is 5.16 Å². The van der Waals surface area contributed by atoms with E-state index < -0.39 is 12.2 Å². The van der Waals surface area contributed by atoms with E-state index in [1.54, 1.807) is 42.5 Å². The number of aromatic nitrogens is 1. The smallest absolute Gasteiger partial charge is 0.178 e. The van der Waals surface area contributed by atoms with Crippen LogP contribution in [0.5, 0.6) is 5.75 Å². The maximum Gasteiger partial charge on any atom is 0.178 e. The zero-order valence-corrected chi connectivity index (χ0v) is 22.9. The standard InChI is InChI=1S/C30H24Cl3NO5/c31-23-2-1-3-24(32)26(23)27-22(29(39-34-27)15-4-5-15)14-38-18-8-11-20(25(33)13-18)21-10-6-16-12-17(30(36)37)7-9-19(16)28(21)35/h1-3,7-9,11-13,15,21,30,36-37H,4-6,10,14H2. The van der Waals surface area contributed by atoms with E-state index in [0.29, 0.717) is 62.0 Å². The SMILES string of the molecule is O=C1c2ccc(C(O)O)cc2CCC1c1ccc(OCc2c(-c3c(Cl)cccc3Cl)noc2C2CC2)cc1Cl. The molecule has 0 radical (unpaired) electrons. The van der Waals surface area contributed by atoms with Crippen molar-refractivity contribution in [3.05, 3.63) is 103 Å². The number of ether oxygens (including phenoxy) is 1. The molecule has 1 unspecified atom stereocenters. The summed E-state index contributed by atoms with van der Waals surface area (Å²) in [5.74, 6) is 1.21. The summed E-state index contributed by atoms with van der Waals surface area (Å²) in [5, 5.41) is 24.6. The molecule has 1 heterocycles. The van der Waals surface area contributed by atoms with Crippen LogP contribution in [0, 0.1) is 0 Å². The summed E-state index contributed by atoms with van der Waals surface area (Å²) in [7, 11) is 0. The molecule has 4 aromatic rings. The number of fused-ring (bicyclic) bond motifs is 1. The van der Waals surface area contributed by atoms with E-state index in [9.17, 15) is 15.0 Å². The van der Waals surface area contributed by atoms with Crippen LogP contribution in [-0.4, -0.2) is 21.2 Å². The van der Waals surface area contributed by atoms with Gasteiger partial charge in [-0.05, 0) is 61.1 Å². The first-order chi connectivity index (χ1) is 18.8. The summed E-state index contributed by atoms with van der Waals surface area (Å²) >= 11 is 19.6. The van der Waals surface area contributed by atoms with Gasteiger partial charge in [0.15, 0.2) is 12.1 Å². The maximum atomic E-state index is 13.3. The number of Topliss-reactive ketones (excluding diaryl/α,β-unsaturated/α-hetero) is 1. The number of nitrogens with zero attached hydrogens (tertiary/aromatic N) is 1. The Labute approximate surface area is 240 Å². The van der Waals surface area contributed by atoms with Gasteiger partial charge in [-0.15, -0.1) is 0 Å². The Bertz CT molecular complexity index is 1560. The number of carbonyl (C=O) groups is 1. The van der Waals surface area contributed by atoms with Gasteiger partial charge in [0.05, 0.1) is 15.6 Å². The third-order valence-electron chi connectivity index (χ3n) is 7.41. The van der Waals surface area contributed by atoms with Crippen LogP contribution in [0.2, 0.25) is 15.1 Å². The van der Waals surface area contributed by atoms with Crippen molar-refractivity contribution in [1.82, 2.24) is 5.16 Å². The van der Waals surface area contributed by atoms with Crippen molar-refractivity contribution in [1.29, 1.82) is 0 Å². The van der Waals surface area contributed by atoms with E-state index in [1.807, 2.05) is 12.1 Å².